The SMILES string of the molecule is O=C(NCC1(CO)CCCCC1)C(c1ccc2c(c1)OCCO2)C1CCCC1. The monoisotopic (exact) mass is 387 g/mol. The van der Waals surface area contributed by atoms with Crippen LogP contribution in [-0.2, 0) is 4.79 Å². The number of carbonyl (C=O) groups is 1. The zero-order chi connectivity index (χ0) is 19.4. The first-order chi connectivity index (χ1) is 13.7. The Labute approximate surface area is 167 Å². The van der Waals surface area contributed by atoms with Gasteiger partial charge in [-0.05, 0) is 49.3 Å². The Bertz CT molecular complexity index is 677. The Balaban J connectivity index is 1.51. The minimum absolute atomic E-state index is 0.0991. The molecule has 154 valence electrons. The van der Waals surface area contributed by atoms with Gasteiger partial charge in [-0.2, -0.15) is 0 Å². The van der Waals surface area contributed by atoms with Gasteiger partial charge in [0.25, 0.3) is 0 Å². The summed E-state index contributed by atoms with van der Waals surface area (Å²) in [5, 5.41) is 13.2. The molecule has 1 aromatic rings. The summed E-state index contributed by atoms with van der Waals surface area (Å²) in [4.78, 5) is 13.3. The third-order valence-corrected chi connectivity index (χ3v) is 6.97. The van der Waals surface area contributed by atoms with Gasteiger partial charge in [0.2, 0.25) is 5.91 Å². The fourth-order valence-corrected chi connectivity index (χ4v) is 5.26. The van der Waals surface area contributed by atoms with Gasteiger partial charge < -0.3 is 19.9 Å². The molecule has 0 spiro atoms. The van der Waals surface area contributed by atoms with Crippen LogP contribution < -0.4 is 14.8 Å². The van der Waals surface area contributed by atoms with Crippen molar-refractivity contribution in [2.45, 2.75) is 63.7 Å². The van der Waals surface area contributed by atoms with E-state index in [2.05, 4.69) is 5.32 Å². The van der Waals surface area contributed by atoms with Crippen LogP contribution in [0.3, 0.4) is 0 Å². The summed E-state index contributed by atoms with van der Waals surface area (Å²) >= 11 is 0. The number of aliphatic hydroxyl groups is 1. The lowest BCUT2D eigenvalue weighted by atomic mass is 9.74. The van der Waals surface area contributed by atoms with Gasteiger partial charge in [0, 0.05) is 12.0 Å². The van der Waals surface area contributed by atoms with Crippen molar-refractivity contribution in [2.75, 3.05) is 26.4 Å². The summed E-state index contributed by atoms with van der Waals surface area (Å²) < 4.78 is 11.4. The van der Waals surface area contributed by atoms with Crippen LogP contribution in [0.1, 0.15) is 69.3 Å². The van der Waals surface area contributed by atoms with Gasteiger partial charge in [-0.1, -0.05) is 38.2 Å². The van der Waals surface area contributed by atoms with Gasteiger partial charge in [-0.3, -0.25) is 4.79 Å². The number of aliphatic hydroxyl groups excluding tert-OH is 1. The molecule has 2 N–H and O–H groups in total. The van der Waals surface area contributed by atoms with Crippen LogP contribution in [0.25, 0.3) is 0 Å². The first-order valence-corrected chi connectivity index (χ1v) is 11.0. The largest absolute Gasteiger partial charge is 0.486 e. The quantitative estimate of drug-likeness (QED) is 0.779. The van der Waals surface area contributed by atoms with E-state index in [1.54, 1.807) is 0 Å². The number of rotatable bonds is 6. The van der Waals surface area contributed by atoms with E-state index in [0.717, 1.165) is 55.6 Å². The molecule has 0 radical (unpaired) electrons. The normalized spacial score (nSPS) is 22.6. The van der Waals surface area contributed by atoms with E-state index in [-0.39, 0.29) is 23.8 Å². The second-order valence-electron chi connectivity index (χ2n) is 8.86. The van der Waals surface area contributed by atoms with E-state index in [9.17, 15) is 9.90 Å². The first kappa shape index (κ1) is 19.6. The van der Waals surface area contributed by atoms with Crippen molar-refractivity contribution in [3.05, 3.63) is 23.8 Å². The number of benzene rings is 1. The maximum Gasteiger partial charge on any atom is 0.227 e. The van der Waals surface area contributed by atoms with Crippen LogP contribution in [0, 0.1) is 11.3 Å². The van der Waals surface area contributed by atoms with Gasteiger partial charge >= 0.3 is 0 Å². The van der Waals surface area contributed by atoms with Gasteiger partial charge in [0.1, 0.15) is 13.2 Å². The predicted octanol–water partition coefficient (Wildman–Crippen LogP) is 3.79. The van der Waals surface area contributed by atoms with Crippen molar-refractivity contribution >= 4 is 5.91 Å². The van der Waals surface area contributed by atoms with Crippen molar-refractivity contribution in [3.63, 3.8) is 0 Å². The average Bonchev–Trinajstić information content (AvgIpc) is 3.27. The standard InChI is InChI=1S/C23H33NO4/c25-16-23(10-4-1-5-11-23)15-24-22(26)21(17-6-2-3-7-17)18-8-9-19-20(14-18)28-13-12-27-19/h8-9,14,17,21,25H,1-7,10-13,15-16H2,(H,24,26). The number of ether oxygens (including phenoxy) is 2. The molecule has 5 heteroatoms. The van der Waals surface area contributed by atoms with Crippen LogP contribution in [0.15, 0.2) is 18.2 Å². The molecule has 0 bridgehead atoms. The van der Waals surface area contributed by atoms with Crippen LogP contribution in [0.2, 0.25) is 0 Å². The Morgan fingerprint density at radius 3 is 2.50 bits per heavy atom. The van der Waals surface area contributed by atoms with E-state index >= 15 is 0 Å². The fourth-order valence-electron chi connectivity index (χ4n) is 5.26. The zero-order valence-electron chi connectivity index (χ0n) is 16.8. The molecule has 1 atom stereocenters. The molecule has 0 saturated heterocycles. The van der Waals surface area contributed by atoms with E-state index in [0.29, 0.717) is 25.7 Å². The number of fused-ring (bicyclic) bond motifs is 1. The Morgan fingerprint density at radius 2 is 1.79 bits per heavy atom. The maximum atomic E-state index is 13.3. The smallest absolute Gasteiger partial charge is 0.227 e. The second-order valence-corrected chi connectivity index (χ2v) is 8.86. The summed E-state index contributed by atoms with van der Waals surface area (Å²) in [5.41, 5.74) is 0.886. The molecular weight excluding hydrogens is 354 g/mol. The van der Waals surface area contributed by atoms with Crippen molar-refractivity contribution in [3.8, 4) is 11.5 Å². The molecule has 2 saturated carbocycles. The number of hydrogen-bond donors (Lipinski definition) is 2. The Morgan fingerprint density at radius 1 is 1.07 bits per heavy atom. The van der Waals surface area contributed by atoms with Gasteiger partial charge in [-0.25, -0.2) is 0 Å². The molecule has 1 unspecified atom stereocenters. The van der Waals surface area contributed by atoms with Crippen LogP contribution in [0.5, 0.6) is 11.5 Å². The van der Waals surface area contributed by atoms with E-state index in [1.165, 1.54) is 19.3 Å². The van der Waals surface area contributed by atoms with E-state index in [4.69, 9.17) is 9.47 Å². The summed E-state index contributed by atoms with van der Waals surface area (Å²) in [6, 6.07) is 5.97. The number of nitrogens with one attached hydrogen (secondary N) is 1. The average molecular weight is 388 g/mol. The molecule has 1 heterocycles. The van der Waals surface area contributed by atoms with E-state index in [1.807, 2.05) is 18.2 Å². The highest BCUT2D eigenvalue weighted by atomic mass is 16.6. The lowest BCUT2D eigenvalue weighted by molar-refractivity contribution is -0.124. The van der Waals surface area contributed by atoms with Gasteiger partial charge in [-0.15, -0.1) is 0 Å². The number of amides is 1. The van der Waals surface area contributed by atoms with Crippen LogP contribution >= 0.6 is 0 Å². The fraction of sp³-hybridized carbons (Fsp3) is 0.696. The van der Waals surface area contributed by atoms with E-state index < -0.39 is 0 Å². The number of hydrogen-bond acceptors (Lipinski definition) is 4. The molecule has 1 amide bonds. The minimum Gasteiger partial charge on any atom is -0.486 e. The third-order valence-electron chi connectivity index (χ3n) is 6.97. The summed E-state index contributed by atoms with van der Waals surface area (Å²) in [6.45, 7) is 1.86. The van der Waals surface area contributed by atoms with Crippen molar-refractivity contribution in [1.82, 2.24) is 5.32 Å². The topological polar surface area (TPSA) is 67.8 Å². The molecule has 5 nitrogen and oxygen atoms in total. The lowest BCUT2D eigenvalue weighted by Gasteiger charge is -2.36. The molecule has 4 rings (SSSR count). The summed E-state index contributed by atoms with van der Waals surface area (Å²) in [7, 11) is 0. The summed E-state index contributed by atoms with van der Waals surface area (Å²) in [6.07, 6.45) is 10.1. The molecular formula is C23H33NO4. The highest BCUT2D eigenvalue weighted by Crippen LogP contribution is 2.41. The van der Waals surface area contributed by atoms with Gasteiger partial charge in [0.05, 0.1) is 12.5 Å². The Hall–Kier alpha value is -1.75. The summed E-state index contributed by atoms with van der Waals surface area (Å²) in [5.74, 6) is 1.83. The lowest BCUT2D eigenvalue weighted by Crippen LogP contribution is -2.43. The predicted molar refractivity (Wildman–Crippen MR) is 108 cm³/mol. The molecule has 0 aromatic heterocycles. The van der Waals surface area contributed by atoms with Crippen molar-refractivity contribution < 1.29 is 19.4 Å². The van der Waals surface area contributed by atoms with Crippen molar-refractivity contribution in [1.29, 1.82) is 0 Å². The molecule has 1 aromatic carbocycles. The molecule has 28 heavy (non-hydrogen) atoms. The highest BCUT2D eigenvalue weighted by Gasteiger charge is 2.36. The Kier molecular flexibility index (Phi) is 6.10. The minimum atomic E-state index is -0.155. The molecule has 2 aliphatic carbocycles. The van der Waals surface area contributed by atoms with Crippen LogP contribution in [-0.4, -0.2) is 37.4 Å². The van der Waals surface area contributed by atoms with Crippen LogP contribution in [0.4, 0.5) is 0 Å². The zero-order valence-corrected chi connectivity index (χ0v) is 16.8. The number of carbonyl (C=O) groups excluding carboxylic acids is 1. The van der Waals surface area contributed by atoms with Crippen molar-refractivity contribution in [2.24, 2.45) is 11.3 Å². The highest BCUT2D eigenvalue weighted by molar-refractivity contribution is 5.84. The van der Waals surface area contributed by atoms with Gasteiger partial charge in [0.15, 0.2) is 11.5 Å². The first-order valence-electron chi connectivity index (χ1n) is 11.0. The maximum absolute atomic E-state index is 13.3. The molecule has 2 fully saturated rings. The third kappa shape index (κ3) is 4.14. The molecule has 1 aliphatic heterocycles. The second kappa shape index (κ2) is 8.73. The molecule has 3 aliphatic rings.